The molecule has 0 aliphatic carbocycles. The zero-order chi connectivity index (χ0) is 14.6. The van der Waals surface area contributed by atoms with E-state index in [-0.39, 0.29) is 0 Å². The summed E-state index contributed by atoms with van der Waals surface area (Å²) in [5, 5.41) is 3.33. The van der Waals surface area contributed by atoms with Crippen LogP contribution in [-0.2, 0) is 0 Å². The van der Waals surface area contributed by atoms with Crippen molar-refractivity contribution in [1.82, 2.24) is 4.98 Å². The van der Waals surface area contributed by atoms with Gasteiger partial charge in [-0.15, -0.1) is 0 Å². The minimum Gasteiger partial charge on any atom is -0.389 e. The summed E-state index contributed by atoms with van der Waals surface area (Å²) in [5.41, 5.74) is 6.35. The summed E-state index contributed by atoms with van der Waals surface area (Å²) in [6, 6.07) is 3.84. The van der Waals surface area contributed by atoms with E-state index in [2.05, 4.69) is 17.2 Å². The number of nitrogens with zero attached hydrogens (tertiary/aromatic N) is 1. The first-order chi connectivity index (χ1) is 9.74. The largest absolute Gasteiger partial charge is 0.389 e. The number of nitrogens with one attached hydrogen (secondary N) is 1. The van der Waals surface area contributed by atoms with Gasteiger partial charge in [0.25, 0.3) is 0 Å². The molecular weight excluding hydrogens is 266 g/mol. The number of hydrogen-bond donors (Lipinski definition) is 2. The SMILES string of the molecule is CCCCCCCCCCNc1ccc(C(N)=S)cn1. The second-order valence-electron chi connectivity index (χ2n) is 5.20. The number of rotatable bonds is 11. The second-order valence-corrected chi connectivity index (χ2v) is 5.64. The van der Waals surface area contributed by atoms with Crippen molar-refractivity contribution in [3.63, 3.8) is 0 Å². The topological polar surface area (TPSA) is 50.9 Å². The van der Waals surface area contributed by atoms with Crippen LogP contribution in [0, 0.1) is 0 Å². The van der Waals surface area contributed by atoms with Gasteiger partial charge in [0.05, 0.1) is 0 Å². The highest BCUT2D eigenvalue weighted by molar-refractivity contribution is 7.80. The standard InChI is InChI=1S/C16H27N3S/c1-2-3-4-5-6-7-8-9-12-18-15-11-10-14(13-19-15)16(17)20/h10-11,13H,2-9,12H2,1H3,(H2,17,20)(H,18,19). The minimum absolute atomic E-state index is 0.395. The fraction of sp³-hybridized carbons (Fsp3) is 0.625. The quantitative estimate of drug-likeness (QED) is 0.472. The Kier molecular flexibility index (Phi) is 8.96. The lowest BCUT2D eigenvalue weighted by Gasteiger charge is -2.06. The van der Waals surface area contributed by atoms with Gasteiger partial charge in [0, 0.05) is 18.3 Å². The summed E-state index contributed by atoms with van der Waals surface area (Å²) in [6.45, 7) is 3.24. The van der Waals surface area contributed by atoms with Crippen molar-refractivity contribution < 1.29 is 0 Å². The molecule has 1 aromatic rings. The molecule has 1 rings (SSSR count). The Balaban J connectivity index is 2.02. The van der Waals surface area contributed by atoms with E-state index in [9.17, 15) is 0 Å². The van der Waals surface area contributed by atoms with E-state index in [0.717, 1.165) is 17.9 Å². The predicted octanol–water partition coefficient (Wildman–Crippen LogP) is 4.27. The number of hydrogen-bond acceptors (Lipinski definition) is 3. The van der Waals surface area contributed by atoms with Gasteiger partial charge in [-0.3, -0.25) is 0 Å². The number of thiocarbonyl (C=S) groups is 1. The van der Waals surface area contributed by atoms with Crippen molar-refractivity contribution in [1.29, 1.82) is 0 Å². The van der Waals surface area contributed by atoms with Crippen molar-refractivity contribution in [2.75, 3.05) is 11.9 Å². The van der Waals surface area contributed by atoms with Crippen LogP contribution in [0.5, 0.6) is 0 Å². The molecular formula is C16H27N3S. The lowest BCUT2D eigenvalue weighted by Crippen LogP contribution is -2.10. The van der Waals surface area contributed by atoms with Gasteiger partial charge in [0.2, 0.25) is 0 Å². The Morgan fingerprint density at radius 1 is 1.10 bits per heavy atom. The summed E-state index contributed by atoms with van der Waals surface area (Å²) < 4.78 is 0. The number of nitrogens with two attached hydrogens (primary N) is 1. The third-order valence-electron chi connectivity index (χ3n) is 3.38. The molecule has 0 spiro atoms. The summed E-state index contributed by atoms with van der Waals surface area (Å²) in [7, 11) is 0. The van der Waals surface area contributed by atoms with E-state index >= 15 is 0 Å². The van der Waals surface area contributed by atoms with E-state index < -0.39 is 0 Å². The summed E-state index contributed by atoms with van der Waals surface area (Å²) in [4.78, 5) is 4.68. The number of unbranched alkanes of at least 4 members (excludes halogenated alkanes) is 7. The lowest BCUT2D eigenvalue weighted by atomic mass is 10.1. The monoisotopic (exact) mass is 293 g/mol. The van der Waals surface area contributed by atoms with Gasteiger partial charge < -0.3 is 11.1 Å². The number of aromatic nitrogens is 1. The molecule has 3 nitrogen and oxygen atoms in total. The maximum Gasteiger partial charge on any atom is 0.125 e. The first-order valence-corrected chi connectivity index (χ1v) is 8.14. The molecule has 4 heteroatoms. The van der Waals surface area contributed by atoms with Crippen LogP contribution in [0.15, 0.2) is 18.3 Å². The Morgan fingerprint density at radius 3 is 2.30 bits per heavy atom. The molecule has 20 heavy (non-hydrogen) atoms. The molecule has 0 saturated heterocycles. The maximum atomic E-state index is 5.53. The van der Waals surface area contributed by atoms with Crippen LogP contribution in [0.25, 0.3) is 0 Å². The molecule has 112 valence electrons. The van der Waals surface area contributed by atoms with Gasteiger partial charge in [-0.2, -0.15) is 0 Å². The lowest BCUT2D eigenvalue weighted by molar-refractivity contribution is 0.581. The van der Waals surface area contributed by atoms with E-state index in [0.29, 0.717) is 4.99 Å². The van der Waals surface area contributed by atoms with E-state index in [1.54, 1.807) is 6.20 Å². The first-order valence-electron chi connectivity index (χ1n) is 7.73. The van der Waals surface area contributed by atoms with E-state index in [4.69, 9.17) is 18.0 Å². The Hall–Kier alpha value is -1.16. The zero-order valence-corrected chi connectivity index (χ0v) is 13.3. The van der Waals surface area contributed by atoms with Crippen molar-refractivity contribution in [2.45, 2.75) is 58.3 Å². The van der Waals surface area contributed by atoms with Crippen molar-refractivity contribution in [2.24, 2.45) is 5.73 Å². The van der Waals surface area contributed by atoms with Crippen LogP contribution >= 0.6 is 12.2 Å². The fourth-order valence-electron chi connectivity index (χ4n) is 2.12. The first kappa shape index (κ1) is 16.9. The molecule has 1 aromatic heterocycles. The maximum absolute atomic E-state index is 5.53. The molecule has 0 radical (unpaired) electrons. The van der Waals surface area contributed by atoms with Crippen LogP contribution < -0.4 is 11.1 Å². The van der Waals surface area contributed by atoms with Gasteiger partial charge in [-0.1, -0.05) is 64.1 Å². The Labute approximate surface area is 128 Å². The highest BCUT2D eigenvalue weighted by atomic mass is 32.1. The average molecular weight is 293 g/mol. The van der Waals surface area contributed by atoms with E-state index in [1.807, 2.05) is 12.1 Å². The number of pyridine rings is 1. The van der Waals surface area contributed by atoms with Gasteiger partial charge in [-0.25, -0.2) is 4.98 Å². The van der Waals surface area contributed by atoms with Gasteiger partial charge >= 0.3 is 0 Å². The van der Waals surface area contributed by atoms with Gasteiger partial charge in [-0.05, 0) is 18.6 Å². The molecule has 1 heterocycles. The molecule has 0 unspecified atom stereocenters. The molecule has 0 atom stereocenters. The Morgan fingerprint density at radius 2 is 1.75 bits per heavy atom. The highest BCUT2D eigenvalue weighted by Gasteiger charge is 1.97. The summed E-state index contributed by atoms with van der Waals surface area (Å²) in [6.07, 6.45) is 12.4. The van der Waals surface area contributed by atoms with Crippen LogP contribution in [0.1, 0.15) is 63.9 Å². The average Bonchev–Trinajstić information content (AvgIpc) is 2.46. The van der Waals surface area contributed by atoms with Crippen LogP contribution in [0.2, 0.25) is 0 Å². The second kappa shape index (κ2) is 10.6. The summed E-state index contributed by atoms with van der Waals surface area (Å²) >= 11 is 4.90. The third kappa shape index (κ3) is 7.43. The highest BCUT2D eigenvalue weighted by Crippen LogP contribution is 2.09. The fourth-order valence-corrected chi connectivity index (χ4v) is 2.24. The predicted molar refractivity (Wildman–Crippen MR) is 91.2 cm³/mol. The molecule has 0 bridgehead atoms. The normalized spacial score (nSPS) is 10.4. The molecule has 0 amide bonds. The molecule has 0 fully saturated rings. The van der Waals surface area contributed by atoms with Crippen molar-refractivity contribution in [3.8, 4) is 0 Å². The van der Waals surface area contributed by atoms with Crippen LogP contribution in [-0.4, -0.2) is 16.5 Å². The molecule has 3 N–H and O–H groups in total. The molecule has 0 aromatic carbocycles. The smallest absolute Gasteiger partial charge is 0.125 e. The van der Waals surface area contributed by atoms with Crippen LogP contribution in [0.4, 0.5) is 5.82 Å². The number of anilines is 1. The van der Waals surface area contributed by atoms with E-state index in [1.165, 1.54) is 51.4 Å². The van der Waals surface area contributed by atoms with Crippen molar-refractivity contribution >= 4 is 23.0 Å². The van der Waals surface area contributed by atoms with Gasteiger partial charge in [0.1, 0.15) is 10.8 Å². The van der Waals surface area contributed by atoms with Gasteiger partial charge in [0.15, 0.2) is 0 Å². The Bertz CT molecular complexity index is 376. The molecule has 0 saturated carbocycles. The van der Waals surface area contributed by atoms with Crippen molar-refractivity contribution in [3.05, 3.63) is 23.9 Å². The van der Waals surface area contributed by atoms with Crippen LogP contribution in [0.3, 0.4) is 0 Å². The molecule has 0 aliphatic heterocycles. The molecule has 0 aliphatic rings. The minimum atomic E-state index is 0.395. The zero-order valence-electron chi connectivity index (χ0n) is 12.5. The third-order valence-corrected chi connectivity index (χ3v) is 3.62. The summed E-state index contributed by atoms with van der Waals surface area (Å²) in [5.74, 6) is 0.896.